The molecule has 1 amide bonds. The molecule has 112 valence electrons. The molecule has 0 aliphatic carbocycles. The minimum atomic E-state index is -1.53. The highest BCUT2D eigenvalue weighted by molar-refractivity contribution is 6.31. The zero-order chi connectivity index (χ0) is 15.7. The summed E-state index contributed by atoms with van der Waals surface area (Å²) in [6, 6.07) is 10.00. The van der Waals surface area contributed by atoms with Crippen LogP contribution in [0.1, 0.15) is 29.3 Å². The Labute approximate surface area is 132 Å². The molecule has 0 bridgehead atoms. The zero-order valence-corrected chi connectivity index (χ0v) is 12.7. The zero-order valence-electron chi connectivity index (χ0n) is 11.9. The fourth-order valence-corrected chi connectivity index (χ4v) is 2.69. The summed E-state index contributed by atoms with van der Waals surface area (Å²) in [4.78, 5) is 16.7. The van der Waals surface area contributed by atoms with Crippen molar-refractivity contribution >= 4 is 23.2 Å². The van der Waals surface area contributed by atoms with Gasteiger partial charge in [-0.3, -0.25) is 9.78 Å². The van der Waals surface area contributed by atoms with Crippen LogP contribution in [0.3, 0.4) is 0 Å². The van der Waals surface area contributed by atoms with E-state index in [1.165, 1.54) is 6.20 Å². The number of aliphatic hydroxyl groups is 1. The standard InChI is InChI=1S/C16H14ClN3O2/c1-11-9-16(22,13-5-3-7-18-10-13)20(19-11)15(21)12-4-2-6-14(17)8-12/h2-8,10,22H,9H2,1H3. The number of carbonyl (C=O) groups excluding carboxylic acids is 1. The lowest BCUT2D eigenvalue weighted by molar-refractivity contribution is -0.0767. The molecule has 0 saturated heterocycles. The molecule has 1 atom stereocenters. The van der Waals surface area contributed by atoms with E-state index in [0.29, 0.717) is 21.9 Å². The first-order chi connectivity index (χ1) is 10.5. The second-order valence-electron chi connectivity index (χ2n) is 5.20. The SMILES string of the molecule is CC1=NN(C(=O)c2cccc(Cl)c2)C(O)(c2cccnc2)C1. The number of amides is 1. The summed E-state index contributed by atoms with van der Waals surface area (Å²) < 4.78 is 0. The normalized spacial score (nSPS) is 20.9. The van der Waals surface area contributed by atoms with Gasteiger partial charge in [-0.1, -0.05) is 23.7 Å². The van der Waals surface area contributed by atoms with Crippen LogP contribution in [0.25, 0.3) is 0 Å². The van der Waals surface area contributed by atoms with Crippen LogP contribution in [0.15, 0.2) is 53.9 Å². The summed E-state index contributed by atoms with van der Waals surface area (Å²) in [7, 11) is 0. The van der Waals surface area contributed by atoms with Gasteiger partial charge >= 0.3 is 0 Å². The third kappa shape index (κ3) is 2.49. The first kappa shape index (κ1) is 14.7. The maximum atomic E-state index is 12.7. The monoisotopic (exact) mass is 315 g/mol. The van der Waals surface area contributed by atoms with Gasteiger partial charge in [0.15, 0.2) is 5.72 Å². The Morgan fingerprint density at radius 3 is 2.86 bits per heavy atom. The van der Waals surface area contributed by atoms with Gasteiger partial charge in [0.05, 0.1) is 0 Å². The molecule has 1 aromatic carbocycles. The number of carbonyl (C=O) groups is 1. The molecule has 1 unspecified atom stereocenters. The lowest BCUT2D eigenvalue weighted by Crippen LogP contribution is -2.43. The summed E-state index contributed by atoms with van der Waals surface area (Å²) >= 11 is 5.93. The number of halogens is 1. The smallest absolute Gasteiger partial charge is 0.276 e. The van der Waals surface area contributed by atoms with Crippen molar-refractivity contribution in [2.45, 2.75) is 19.1 Å². The summed E-state index contributed by atoms with van der Waals surface area (Å²) in [5, 5.41) is 16.8. The highest BCUT2D eigenvalue weighted by Gasteiger charge is 2.45. The third-order valence-corrected chi connectivity index (χ3v) is 3.75. The molecule has 2 heterocycles. The van der Waals surface area contributed by atoms with Crippen molar-refractivity contribution in [2.75, 3.05) is 0 Å². The maximum Gasteiger partial charge on any atom is 0.276 e. The number of aromatic nitrogens is 1. The third-order valence-electron chi connectivity index (χ3n) is 3.51. The van der Waals surface area contributed by atoms with Crippen LogP contribution >= 0.6 is 11.6 Å². The molecule has 5 nitrogen and oxygen atoms in total. The van der Waals surface area contributed by atoms with Gasteiger partial charge in [-0.05, 0) is 31.2 Å². The van der Waals surface area contributed by atoms with Gasteiger partial charge < -0.3 is 5.11 Å². The Hall–Kier alpha value is -2.24. The van der Waals surface area contributed by atoms with Crippen molar-refractivity contribution < 1.29 is 9.90 Å². The first-order valence-electron chi connectivity index (χ1n) is 6.78. The summed E-state index contributed by atoms with van der Waals surface area (Å²) in [5.74, 6) is -0.411. The average Bonchev–Trinajstić information content (AvgIpc) is 2.83. The van der Waals surface area contributed by atoms with Crippen molar-refractivity contribution in [2.24, 2.45) is 5.10 Å². The van der Waals surface area contributed by atoms with E-state index >= 15 is 0 Å². The number of hydrazone groups is 1. The van der Waals surface area contributed by atoms with Gasteiger partial charge in [-0.25, -0.2) is 0 Å². The van der Waals surface area contributed by atoms with Crippen molar-refractivity contribution in [1.29, 1.82) is 0 Å². The van der Waals surface area contributed by atoms with Crippen LogP contribution < -0.4 is 0 Å². The van der Waals surface area contributed by atoms with E-state index < -0.39 is 11.6 Å². The lowest BCUT2D eigenvalue weighted by atomic mass is 9.99. The van der Waals surface area contributed by atoms with Crippen LogP contribution in [0.4, 0.5) is 0 Å². The summed E-state index contributed by atoms with van der Waals surface area (Å²) in [6.07, 6.45) is 3.38. The van der Waals surface area contributed by atoms with E-state index in [1.54, 1.807) is 49.5 Å². The minimum Gasteiger partial charge on any atom is -0.365 e. The predicted octanol–water partition coefficient (Wildman–Crippen LogP) is 2.80. The molecule has 1 aliphatic heterocycles. The number of rotatable bonds is 2. The maximum absolute atomic E-state index is 12.7. The quantitative estimate of drug-likeness (QED) is 0.926. The molecule has 2 aromatic rings. The molecule has 1 aromatic heterocycles. The summed E-state index contributed by atoms with van der Waals surface area (Å²) in [6.45, 7) is 1.77. The van der Waals surface area contributed by atoms with Crippen molar-refractivity contribution in [1.82, 2.24) is 9.99 Å². The molecule has 1 N–H and O–H groups in total. The summed E-state index contributed by atoms with van der Waals surface area (Å²) in [5.41, 5.74) is 0.0264. The van der Waals surface area contributed by atoms with E-state index in [1.807, 2.05) is 0 Å². The number of nitrogens with zero attached hydrogens (tertiary/aromatic N) is 3. The topological polar surface area (TPSA) is 65.8 Å². The largest absolute Gasteiger partial charge is 0.365 e. The van der Waals surface area contributed by atoms with Gasteiger partial charge in [0, 0.05) is 40.7 Å². The van der Waals surface area contributed by atoms with E-state index in [4.69, 9.17) is 11.6 Å². The Bertz CT molecular complexity index is 748. The molecule has 6 heteroatoms. The van der Waals surface area contributed by atoms with Gasteiger partial charge in [0.25, 0.3) is 5.91 Å². The molecular weight excluding hydrogens is 302 g/mol. The van der Waals surface area contributed by atoms with Crippen molar-refractivity contribution in [3.05, 3.63) is 64.9 Å². The fraction of sp³-hybridized carbons (Fsp3) is 0.188. The van der Waals surface area contributed by atoms with Crippen LogP contribution in [0, 0.1) is 0 Å². The number of pyridine rings is 1. The molecule has 22 heavy (non-hydrogen) atoms. The van der Waals surface area contributed by atoms with Crippen LogP contribution in [0.2, 0.25) is 5.02 Å². The van der Waals surface area contributed by atoms with Gasteiger partial charge in [0.1, 0.15) is 0 Å². The first-order valence-corrected chi connectivity index (χ1v) is 7.15. The minimum absolute atomic E-state index is 0.241. The van der Waals surface area contributed by atoms with Crippen molar-refractivity contribution in [3.8, 4) is 0 Å². The van der Waals surface area contributed by atoms with E-state index in [0.717, 1.165) is 5.01 Å². The molecule has 0 spiro atoms. The van der Waals surface area contributed by atoms with Crippen LogP contribution in [-0.2, 0) is 5.72 Å². The second kappa shape index (κ2) is 5.51. The van der Waals surface area contributed by atoms with Gasteiger partial charge in [-0.15, -0.1) is 0 Å². The Morgan fingerprint density at radius 1 is 1.36 bits per heavy atom. The molecule has 0 saturated carbocycles. The predicted molar refractivity (Wildman–Crippen MR) is 83.5 cm³/mol. The highest BCUT2D eigenvalue weighted by Crippen LogP contribution is 2.36. The average molecular weight is 316 g/mol. The number of benzene rings is 1. The van der Waals surface area contributed by atoms with Crippen LogP contribution in [0.5, 0.6) is 0 Å². The van der Waals surface area contributed by atoms with Gasteiger partial charge in [0.2, 0.25) is 0 Å². The lowest BCUT2D eigenvalue weighted by Gasteiger charge is -2.31. The molecule has 0 fully saturated rings. The Kier molecular flexibility index (Phi) is 3.68. The number of hydrogen-bond donors (Lipinski definition) is 1. The fourth-order valence-electron chi connectivity index (χ4n) is 2.50. The molecular formula is C16H14ClN3O2. The van der Waals surface area contributed by atoms with E-state index in [-0.39, 0.29) is 6.42 Å². The Morgan fingerprint density at radius 2 is 2.18 bits per heavy atom. The molecule has 1 aliphatic rings. The van der Waals surface area contributed by atoms with E-state index in [2.05, 4.69) is 10.1 Å². The molecule has 0 radical (unpaired) electrons. The van der Waals surface area contributed by atoms with E-state index in [9.17, 15) is 9.90 Å². The van der Waals surface area contributed by atoms with Crippen LogP contribution in [-0.4, -0.2) is 26.7 Å². The van der Waals surface area contributed by atoms with Crippen molar-refractivity contribution in [3.63, 3.8) is 0 Å². The van der Waals surface area contributed by atoms with Gasteiger partial charge in [-0.2, -0.15) is 10.1 Å². The molecule has 3 rings (SSSR count). The highest BCUT2D eigenvalue weighted by atomic mass is 35.5. The number of hydrogen-bond acceptors (Lipinski definition) is 4. The Balaban J connectivity index is 2.02. The second-order valence-corrected chi connectivity index (χ2v) is 5.63.